The smallest absolute Gasteiger partial charge is 0.0683 e. The highest BCUT2D eigenvalue weighted by Gasteiger charge is 2.20. The second-order valence-electron chi connectivity index (χ2n) is 4.35. The molecule has 1 saturated heterocycles. The molecule has 0 amide bonds. The highest BCUT2D eigenvalue weighted by Crippen LogP contribution is 2.25. The molecule has 1 aliphatic rings. The number of aliphatic hydroxyl groups is 1. The van der Waals surface area contributed by atoms with Crippen LogP contribution in [-0.4, -0.2) is 24.9 Å². The fraction of sp³-hybridized carbons (Fsp3) is 0.429. The molecule has 2 heteroatoms. The molecule has 0 bridgehead atoms. The zero-order valence-corrected chi connectivity index (χ0v) is 9.65. The molecule has 1 atom stereocenters. The molecule has 16 heavy (non-hydrogen) atoms. The molecule has 0 aromatic heterocycles. The highest BCUT2D eigenvalue weighted by atomic mass is 16.5. The lowest BCUT2D eigenvalue weighted by molar-refractivity contribution is 0.176. The van der Waals surface area contributed by atoms with E-state index in [0.717, 1.165) is 13.0 Å². The molecule has 0 saturated carbocycles. The monoisotopic (exact) mass is 218 g/mol. The van der Waals surface area contributed by atoms with Gasteiger partial charge in [0.05, 0.1) is 13.2 Å². The van der Waals surface area contributed by atoms with Crippen molar-refractivity contribution in [1.29, 1.82) is 0 Å². The number of rotatable bonds is 3. The lowest BCUT2D eigenvalue weighted by Crippen LogP contribution is -2.04. The molecule has 0 radical (unpaired) electrons. The predicted octanol–water partition coefficient (Wildman–Crippen LogP) is 2.41. The second kappa shape index (κ2) is 5.28. The minimum Gasteiger partial charge on any atom is -0.396 e. The summed E-state index contributed by atoms with van der Waals surface area (Å²) in [7, 11) is 0. The zero-order valence-electron chi connectivity index (χ0n) is 9.65. The summed E-state index contributed by atoms with van der Waals surface area (Å²) in [6.45, 7) is 3.78. The van der Waals surface area contributed by atoms with Crippen LogP contribution in [0.5, 0.6) is 0 Å². The normalized spacial score (nSPS) is 22.9. The van der Waals surface area contributed by atoms with Crippen LogP contribution in [0, 0.1) is 12.8 Å². The van der Waals surface area contributed by atoms with E-state index in [1.165, 1.54) is 16.7 Å². The van der Waals surface area contributed by atoms with E-state index >= 15 is 0 Å². The number of benzene rings is 1. The van der Waals surface area contributed by atoms with E-state index in [1.807, 2.05) is 0 Å². The highest BCUT2D eigenvalue weighted by molar-refractivity contribution is 5.54. The Morgan fingerprint density at radius 1 is 1.38 bits per heavy atom. The largest absolute Gasteiger partial charge is 0.396 e. The molecule has 1 unspecified atom stereocenters. The van der Waals surface area contributed by atoms with Gasteiger partial charge in [-0.3, -0.25) is 0 Å². The van der Waals surface area contributed by atoms with Crippen LogP contribution < -0.4 is 0 Å². The quantitative estimate of drug-likeness (QED) is 0.844. The van der Waals surface area contributed by atoms with Crippen LogP contribution in [0.3, 0.4) is 0 Å². The van der Waals surface area contributed by atoms with Crippen molar-refractivity contribution >= 4 is 6.08 Å². The van der Waals surface area contributed by atoms with Gasteiger partial charge < -0.3 is 9.84 Å². The van der Waals surface area contributed by atoms with E-state index in [2.05, 4.69) is 37.3 Å². The van der Waals surface area contributed by atoms with Crippen molar-refractivity contribution in [3.05, 3.63) is 41.0 Å². The van der Waals surface area contributed by atoms with Crippen LogP contribution in [0.25, 0.3) is 6.08 Å². The van der Waals surface area contributed by atoms with Crippen LogP contribution in [-0.2, 0) is 4.74 Å². The summed E-state index contributed by atoms with van der Waals surface area (Å²) in [6.07, 6.45) is 2.99. The van der Waals surface area contributed by atoms with E-state index in [9.17, 15) is 0 Å². The summed E-state index contributed by atoms with van der Waals surface area (Å²) in [5.74, 6) is 0.395. The van der Waals surface area contributed by atoms with Crippen molar-refractivity contribution < 1.29 is 9.84 Å². The Morgan fingerprint density at radius 3 is 2.81 bits per heavy atom. The maximum Gasteiger partial charge on any atom is 0.0683 e. The third-order valence-electron chi connectivity index (χ3n) is 3.02. The van der Waals surface area contributed by atoms with E-state index < -0.39 is 0 Å². The topological polar surface area (TPSA) is 29.5 Å². The Morgan fingerprint density at radius 2 is 2.12 bits per heavy atom. The summed E-state index contributed by atoms with van der Waals surface area (Å²) in [6, 6.07) is 8.47. The molecule has 1 heterocycles. The Labute approximate surface area is 96.6 Å². The van der Waals surface area contributed by atoms with Gasteiger partial charge in [0, 0.05) is 12.5 Å². The molecule has 1 aromatic carbocycles. The van der Waals surface area contributed by atoms with Gasteiger partial charge >= 0.3 is 0 Å². The first-order chi connectivity index (χ1) is 7.79. The van der Waals surface area contributed by atoms with Crippen LogP contribution in [0.15, 0.2) is 29.8 Å². The molecular formula is C14H18O2. The van der Waals surface area contributed by atoms with Crippen molar-refractivity contribution in [3.8, 4) is 0 Å². The van der Waals surface area contributed by atoms with Crippen LogP contribution >= 0.6 is 0 Å². The van der Waals surface area contributed by atoms with Crippen molar-refractivity contribution in [3.63, 3.8) is 0 Å². The van der Waals surface area contributed by atoms with Gasteiger partial charge in [-0.15, -0.1) is 0 Å². The summed E-state index contributed by atoms with van der Waals surface area (Å²) in [4.78, 5) is 0. The maximum atomic E-state index is 8.96. The van der Waals surface area contributed by atoms with Gasteiger partial charge in [-0.05, 0) is 24.5 Å². The Kier molecular flexibility index (Phi) is 3.75. The average molecular weight is 218 g/mol. The SMILES string of the molecule is Cc1ccc(/C=C2/COCC2CCO)cc1. The fourth-order valence-electron chi connectivity index (χ4n) is 2.00. The molecule has 0 aliphatic carbocycles. The molecular weight excluding hydrogens is 200 g/mol. The van der Waals surface area contributed by atoms with Gasteiger partial charge in [-0.2, -0.15) is 0 Å². The van der Waals surface area contributed by atoms with Gasteiger partial charge in [0.15, 0.2) is 0 Å². The predicted molar refractivity (Wildman–Crippen MR) is 65.2 cm³/mol. The minimum atomic E-state index is 0.235. The summed E-state index contributed by atoms with van der Waals surface area (Å²) >= 11 is 0. The first-order valence-corrected chi connectivity index (χ1v) is 5.75. The average Bonchev–Trinajstić information content (AvgIpc) is 2.70. The maximum absolute atomic E-state index is 8.96. The lowest BCUT2D eigenvalue weighted by atomic mass is 9.97. The lowest BCUT2D eigenvalue weighted by Gasteiger charge is -2.07. The van der Waals surface area contributed by atoms with Gasteiger partial charge in [0.25, 0.3) is 0 Å². The summed E-state index contributed by atoms with van der Waals surface area (Å²) in [5, 5.41) is 8.96. The van der Waals surface area contributed by atoms with Gasteiger partial charge in [-0.1, -0.05) is 35.9 Å². The molecule has 2 rings (SSSR count). The van der Waals surface area contributed by atoms with Crippen molar-refractivity contribution in [2.75, 3.05) is 19.8 Å². The van der Waals surface area contributed by atoms with Crippen molar-refractivity contribution in [1.82, 2.24) is 0 Å². The summed E-state index contributed by atoms with van der Waals surface area (Å²) in [5.41, 5.74) is 3.80. The van der Waals surface area contributed by atoms with Crippen molar-refractivity contribution in [2.45, 2.75) is 13.3 Å². The van der Waals surface area contributed by atoms with E-state index in [4.69, 9.17) is 9.84 Å². The van der Waals surface area contributed by atoms with Gasteiger partial charge in [0.2, 0.25) is 0 Å². The van der Waals surface area contributed by atoms with Crippen molar-refractivity contribution in [2.24, 2.45) is 5.92 Å². The standard InChI is InChI=1S/C14H18O2/c1-11-2-4-12(5-3-11)8-14-10-16-9-13(14)6-7-15/h2-5,8,13,15H,6-7,9-10H2,1H3/b14-8-. The molecule has 0 spiro atoms. The second-order valence-corrected chi connectivity index (χ2v) is 4.35. The molecule has 1 N–H and O–H groups in total. The molecule has 2 nitrogen and oxygen atoms in total. The van der Waals surface area contributed by atoms with Gasteiger partial charge in [0.1, 0.15) is 0 Å². The van der Waals surface area contributed by atoms with Crippen LogP contribution in [0.2, 0.25) is 0 Å². The third kappa shape index (κ3) is 2.71. The number of aliphatic hydroxyl groups excluding tert-OH is 1. The number of hydrogen-bond donors (Lipinski definition) is 1. The number of ether oxygens (including phenoxy) is 1. The Balaban J connectivity index is 2.13. The van der Waals surface area contributed by atoms with E-state index in [-0.39, 0.29) is 6.61 Å². The van der Waals surface area contributed by atoms with Gasteiger partial charge in [-0.25, -0.2) is 0 Å². The first-order valence-electron chi connectivity index (χ1n) is 5.75. The number of hydrogen-bond acceptors (Lipinski definition) is 2. The Hall–Kier alpha value is -1.12. The molecule has 86 valence electrons. The third-order valence-corrected chi connectivity index (χ3v) is 3.02. The molecule has 1 aromatic rings. The van der Waals surface area contributed by atoms with E-state index in [1.54, 1.807) is 0 Å². The van der Waals surface area contributed by atoms with E-state index in [0.29, 0.717) is 12.5 Å². The summed E-state index contributed by atoms with van der Waals surface area (Å²) < 4.78 is 5.44. The number of aryl methyl sites for hydroxylation is 1. The minimum absolute atomic E-state index is 0.235. The molecule has 1 fully saturated rings. The molecule has 1 aliphatic heterocycles. The first kappa shape index (κ1) is 11.4. The fourth-order valence-corrected chi connectivity index (χ4v) is 2.00. The van der Waals surface area contributed by atoms with Crippen LogP contribution in [0.4, 0.5) is 0 Å². The zero-order chi connectivity index (χ0) is 11.4. The Bertz CT molecular complexity index is 365. The van der Waals surface area contributed by atoms with Crippen LogP contribution in [0.1, 0.15) is 17.5 Å².